The summed E-state index contributed by atoms with van der Waals surface area (Å²) in [6.07, 6.45) is 0. The topological polar surface area (TPSA) is 0 Å². The quantitative estimate of drug-likeness (QED) is 0.180. The van der Waals surface area contributed by atoms with Crippen LogP contribution >= 0.6 is 0 Å². The van der Waals surface area contributed by atoms with Crippen molar-refractivity contribution < 1.29 is 0 Å². The summed E-state index contributed by atoms with van der Waals surface area (Å²) in [5.74, 6) is 0. The summed E-state index contributed by atoms with van der Waals surface area (Å²) < 4.78 is 0. The lowest BCUT2D eigenvalue weighted by Crippen LogP contribution is -2.15. The van der Waals surface area contributed by atoms with Crippen LogP contribution in [0.3, 0.4) is 0 Å². The Balaban J connectivity index is 2.10. The highest BCUT2D eigenvalue weighted by molar-refractivity contribution is 6.38. The number of benzene rings is 6. The van der Waals surface area contributed by atoms with E-state index in [1.165, 1.54) is 65.0 Å². The van der Waals surface area contributed by atoms with Gasteiger partial charge in [-0.3, -0.25) is 0 Å². The molecular formula is C30H28. The van der Waals surface area contributed by atoms with Gasteiger partial charge >= 0.3 is 0 Å². The Kier molecular flexibility index (Phi) is 3.25. The van der Waals surface area contributed by atoms with Crippen LogP contribution in [0.4, 0.5) is 0 Å². The van der Waals surface area contributed by atoms with Crippen LogP contribution in [0.1, 0.15) is 52.7 Å². The third-order valence-electron chi connectivity index (χ3n) is 6.92. The van der Waals surface area contributed by atoms with Crippen LogP contribution in [0.5, 0.6) is 0 Å². The molecule has 0 nitrogen and oxygen atoms in total. The lowest BCUT2D eigenvalue weighted by Gasteiger charge is -2.30. The Bertz CT molecular complexity index is 1460. The zero-order chi connectivity index (χ0) is 21.0. The summed E-state index contributed by atoms with van der Waals surface area (Å²) in [4.78, 5) is 0. The minimum Gasteiger partial charge on any atom is -0.0610 e. The number of rotatable bonds is 0. The molecule has 0 unspecified atom stereocenters. The van der Waals surface area contributed by atoms with Crippen molar-refractivity contribution >= 4 is 53.9 Å². The zero-order valence-corrected chi connectivity index (χ0v) is 18.8. The SMILES string of the molecule is CC(C)(C)c1c2cccc3ccc4c(C(C)(C)C)c5cccc6ccc1c(c65)c4c32. The third-order valence-corrected chi connectivity index (χ3v) is 6.92. The van der Waals surface area contributed by atoms with E-state index in [0.717, 1.165) is 0 Å². The molecule has 0 aliphatic heterocycles. The van der Waals surface area contributed by atoms with Crippen molar-refractivity contribution in [3.63, 3.8) is 0 Å². The molecule has 0 atom stereocenters. The summed E-state index contributed by atoms with van der Waals surface area (Å²) in [5.41, 5.74) is 3.08. The van der Waals surface area contributed by atoms with E-state index < -0.39 is 0 Å². The molecular weight excluding hydrogens is 360 g/mol. The zero-order valence-electron chi connectivity index (χ0n) is 18.8. The molecule has 0 aliphatic carbocycles. The van der Waals surface area contributed by atoms with Crippen molar-refractivity contribution in [2.24, 2.45) is 0 Å². The van der Waals surface area contributed by atoms with E-state index in [4.69, 9.17) is 0 Å². The van der Waals surface area contributed by atoms with Crippen molar-refractivity contribution in [2.75, 3.05) is 0 Å². The molecule has 0 bridgehead atoms. The second kappa shape index (κ2) is 5.43. The maximum absolute atomic E-state index is 2.38. The van der Waals surface area contributed by atoms with E-state index in [1.807, 2.05) is 0 Å². The van der Waals surface area contributed by atoms with Gasteiger partial charge in [0, 0.05) is 0 Å². The Morgan fingerprint density at radius 1 is 0.400 bits per heavy atom. The van der Waals surface area contributed by atoms with Gasteiger partial charge in [-0.05, 0) is 75.8 Å². The van der Waals surface area contributed by atoms with Crippen molar-refractivity contribution in [1.82, 2.24) is 0 Å². The van der Waals surface area contributed by atoms with Crippen molar-refractivity contribution in [1.29, 1.82) is 0 Å². The van der Waals surface area contributed by atoms with E-state index in [0.29, 0.717) is 0 Å². The molecule has 0 heterocycles. The second-order valence-corrected chi connectivity index (χ2v) is 11.0. The molecule has 148 valence electrons. The minimum atomic E-state index is 0.0646. The first-order valence-electron chi connectivity index (χ1n) is 11.1. The molecule has 0 aromatic heterocycles. The van der Waals surface area contributed by atoms with E-state index in [-0.39, 0.29) is 10.8 Å². The van der Waals surface area contributed by atoms with Crippen LogP contribution in [0.15, 0.2) is 60.7 Å². The molecule has 6 aromatic carbocycles. The fraction of sp³-hybridized carbons (Fsp3) is 0.267. The summed E-state index contributed by atoms with van der Waals surface area (Å²) in [7, 11) is 0. The fourth-order valence-electron chi connectivity index (χ4n) is 6.02. The Labute approximate surface area is 178 Å². The van der Waals surface area contributed by atoms with Crippen LogP contribution in [0.25, 0.3) is 53.9 Å². The summed E-state index contributed by atoms with van der Waals surface area (Å²) >= 11 is 0. The first-order valence-corrected chi connectivity index (χ1v) is 11.1. The highest BCUT2D eigenvalue weighted by atomic mass is 14.3. The molecule has 0 saturated carbocycles. The molecule has 0 amide bonds. The smallest absolute Gasteiger partial charge is 0.00109 e. The Morgan fingerprint density at radius 3 is 1.13 bits per heavy atom. The second-order valence-electron chi connectivity index (χ2n) is 11.0. The van der Waals surface area contributed by atoms with Crippen LogP contribution in [0, 0.1) is 0 Å². The molecule has 0 aliphatic rings. The van der Waals surface area contributed by atoms with Crippen molar-refractivity contribution in [3.05, 3.63) is 71.8 Å². The first-order chi connectivity index (χ1) is 14.2. The van der Waals surface area contributed by atoms with Gasteiger partial charge < -0.3 is 0 Å². The van der Waals surface area contributed by atoms with E-state index in [9.17, 15) is 0 Å². The van der Waals surface area contributed by atoms with Crippen LogP contribution in [-0.4, -0.2) is 0 Å². The van der Waals surface area contributed by atoms with Gasteiger partial charge in [-0.2, -0.15) is 0 Å². The number of hydrogen-bond acceptors (Lipinski definition) is 0. The molecule has 0 N–H and O–H groups in total. The van der Waals surface area contributed by atoms with Gasteiger partial charge in [-0.15, -0.1) is 0 Å². The number of hydrogen-bond donors (Lipinski definition) is 0. The predicted octanol–water partition coefficient (Wildman–Crippen LogP) is 8.92. The summed E-state index contributed by atoms with van der Waals surface area (Å²) in [6.45, 7) is 14.1. The Morgan fingerprint density at radius 2 is 0.767 bits per heavy atom. The van der Waals surface area contributed by atoms with Gasteiger partial charge in [-0.25, -0.2) is 0 Å². The van der Waals surface area contributed by atoms with Gasteiger partial charge in [0.05, 0.1) is 0 Å². The van der Waals surface area contributed by atoms with Gasteiger partial charge in [0.1, 0.15) is 0 Å². The molecule has 6 rings (SSSR count). The molecule has 0 fully saturated rings. The van der Waals surface area contributed by atoms with Gasteiger partial charge in [-0.1, -0.05) is 102 Å². The van der Waals surface area contributed by atoms with Crippen molar-refractivity contribution in [3.8, 4) is 0 Å². The molecule has 0 spiro atoms. The molecule has 0 saturated heterocycles. The normalized spacial score (nSPS) is 13.7. The van der Waals surface area contributed by atoms with E-state index in [1.54, 1.807) is 0 Å². The average molecular weight is 389 g/mol. The highest BCUT2D eigenvalue weighted by Gasteiger charge is 2.29. The van der Waals surface area contributed by atoms with E-state index in [2.05, 4.69) is 102 Å². The predicted molar refractivity (Wildman–Crippen MR) is 134 cm³/mol. The van der Waals surface area contributed by atoms with Crippen LogP contribution in [-0.2, 0) is 10.8 Å². The molecule has 30 heavy (non-hydrogen) atoms. The van der Waals surface area contributed by atoms with Gasteiger partial charge in [0.25, 0.3) is 0 Å². The fourth-order valence-corrected chi connectivity index (χ4v) is 6.02. The lowest BCUT2D eigenvalue weighted by molar-refractivity contribution is 0.600. The van der Waals surface area contributed by atoms with Crippen molar-refractivity contribution in [2.45, 2.75) is 52.4 Å². The lowest BCUT2D eigenvalue weighted by atomic mass is 9.73. The molecule has 0 radical (unpaired) electrons. The summed E-state index contributed by atoms with van der Waals surface area (Å²) in [6, 6.07) is 23.1. The molecule has 0 heteroatoms. The van der Waals surface area contributed by atoms with E-state index >= 15 is 0 Å². The average Bonchev–Trinajstić information content (AvgIpc) is 2.67. The van der Waals surface area contributed by atoms with Crippen LogP contribution < -0.4 is 0 Å². The van der Waals surface area contributed by atoms with Crippen LogP contribution in [0.2, 0.25) is 0 Å². The monoisotopic (exact) mass is 388 g/mol. The van der Waals surface area contributed by atoms with Gasteiger partial charge in [0.15, 0.2) is 0 Å². The molecule has 6 aromatic rings. The maximum Gasteiger partial charge on any atom is -0.00109 e. The summed E-state index contributed by atoms with van der Waals surface area (Å²) in [5, 5.41) is 14.2. The van der Waals surface area contributed by atoms with Gasteiger partial charge in [0.2, 0.25) is 0 Å². The largest absolute Gasteiger partial charge is 0.0610 e. The Hall–Kier alpha value is -2.86. The first kappa shape index (κ1) is 18.0. The highest BCUT2D eigenvalue weighted by Crippen LogP contribution is 2.51. The standard InChI is InChI=1S/C30H28/c1-29(2,3)27-19-11-7-9-17-14-16-22-26(23(17)19)25-21(27)15-13-18-10-8-12-20(24(18)25)28(22)30(4,5)6/h7-16H,1-6H3. The maximum atomic E-state index is 2.38. The third kappa shape index (κ3) is 2.12. The minimum absolute atomic E-state index is 0.0646.